The van der Waals surface area contributed by atoms with E-state index < -0.39 is 15.9 Å². The number of benzene rings is 2. The second-order valence-corrected chi connectivity index (χ2v) is 8.11. The van der Waals surface area contributed by atoms with Gasteiger partial charge in [0.2, 0.25) is 15.7 Å². The highest BCUT2D eigenvalue weighted by Gasteiger charge is 2.25. The standard InChI is InChI=1S/C18H19N3O4S/c19-18(23)21-14-6-10-16(11-7-14)26(24,25)15-8-4-13(5-9-15)20-17(22)12-2-1-3-12/h4-12H,1-3H2,(H,20,22)(H3,19,21,23). The Kier molecular flexibility index (Phi) is 4.94. The number of sulfone groups is 1. The third kappa shape index (κ3) is 3.85. The number of rotatable bonds is 5. The minimum Gasteiger partial charge on any atom is -0.351 e. The molecule has 3 rings (SSSR count). The highest BCUT2D eigenvalue weighted by Crippen LogP contribution is 2.28. The van der Waals surface area contributed by atoms with Crippen molar-refractivity contribution in [1.29, 1.82) is 0 Å². The van der Waals surface area contributed by atoms with Crippen molar-refractivity contribution in [3.8, 4) is 0 Å². The molecule has 26 heavy (non-hydrogen) atoms. The summed E-state index contributed by atoms with van der Waals surface area (Å²) in [7, 11) is -3.70. The largest absolute Gasteiger partial charge is 0.351 e. The molecule has 4 N–H and O–H groups in total. The quantitative estimate of drug-likeness (QED) is 0.746. The molecule has 8 heteroatoms. The third-order valence-corrected chi connectivity index (χ3v) is 6.13. The molecular weight excluding hydrogens is 354 g/mol. The van der Waals surface area contributed by atoms with Crippen molar-refractivity contribution < 1.29 is 18.0 Å². The number of hydrogen-bond donors (Lipinski definition) is 3. The van der Waals surface area contributed by atoms with Crippen LogP contribution in [-0.4, -0.2) is 20.4 Å². The molecule has 1 aliphatic rings. The van der Waals surface area contributed by atoms with Gasteiger partial charge >= 0.3 is 6.03 Å². The lowest BCUT2D eigenvalue weighted by Crippen LogP contribution is -2.27. The van der Waals surface area contributed by atoms with Gasteiger partial charge in [-0.2, -0.15) is 0 Å². The first kappa shape index (κ1) is 17.9. The van der Waals surface area contributed by atoms with Crippen molar-refractivity contribution in [3.05, 3.63) is 48.5 Å². The van der Waals surface area contributed by atoms with Gasteiger partial charge in [0, 0.05) is 17.3 Å². The van der Waals surface area contributed by atoms with Gasteiger partial charge in [-0.05, 0) is 61.4 Å². The Morgan fingerprint density at radius 2 is 1.31 bits per heavy atom. The third-order valence-electron chi connectivity index (χ3n) is 4.34. The van der Waals surface area contributed by atoms with Crippen molar-refractivity contribution >= 4 is 33.2 Å². The molecule has 2 aromatic carbocycles. The summed E-state index contributed by atoms with van der Waals surface area (Å²) in [5, 5.41) is 5.17. The molecule has 0 aliphatic heterocycles. The maximum atomic E-state index is 12.7. The number of nitrogens with one attached hydrogen (secondary N) is 2. The lowest BCUT2D eigenvalue weighted by molar-refractivity contribution is -0.122. The topological polar surface area (TPSA) is 118 Å². The Labute approximate surface area is 151 Å². The molecule has 0 heterocycles. The van der Waals surface area contributed by atoms with Crippen LogP contribution in [0.2, 0.25) is 0 Å². The van der Waals surface area contributed by atoms with E-state index in [1.54, 1.807) is 12.1 Å². The second kappa shape index (κ2) is 7.17. The molecule has 136 valence electrons. The number of urea groups is 1. The number of carbonyl (C=O) groups is 2. The van der Waals surface area contributed by atoms with Gasteiger partial charge in [0.15, 0.2) is 0 Å². The number of primary amides is 1. The van der Waals surface area contributed by atoms with Gasteiger partial charge in [-0.1, -0.05) is 6.42 Å². The number of anilines is 2. The van der Waals surface area contributed by atoms with Gasteiger partial charge in [-0.3, -0.25) is 4.79 Å². The number of amides is 3. The smallest absolute Gasteiger partial charge is 0.316 e. The van der Waals surface area contributed by atoms with E-state index in [9.17, 15) is 18.0 Å². The molecule has 0 saturated heterocycles. The van der Waals surface area contributed by atoms with Crippen molar-refractivity contribution in [1.82, 2.24) is 0 Å². The van der Waals surface area contributed by atoms with Crippen LogP contribution in [0.25, 0.3) is 0 Å². The molecule has 1 fully saturated rings. The summed E-state index contributed by atoms with van der Waals surface area (Å²) >= 11 is 0. The van der Waals surface area contributed by atoms with E-state index in [0.717, 1.165) is 19.3 Å². The Balaban J connectivity index is 1.74. The first-order chi connectivity index (χ1) is 12.4. The van der Waals surface area contributed by atoms with Crippen LogP contribution in [-0.2, 0) is 14.6 Å². The number of nitrogens with two attached hydrogens (primary N) is 1. The molecule has 2 aromatic rings. The van der Waals surface area contributed by atoms with Crippen LogP contribution in [0.5, 0.6) is 0 Å². The molecule has 0 bridgehead atoms. The fraction of sp³-hybridized carbons (Fsp3) is 0.222. The molecule has 7 nitrogen and oxygen atoms in total. The molecule has 0 radical (unpaired) electrons. The van der Waals surface area contributed by atoms with Crippen LogP contribution in [0, 0.1) is 5.92 Å². The summed E-state index contributed by atoms with van der Waals surface area (Å²) in [6.45, 7) is 0. The SMILES string of the molecule is NC(=O)Nc1ccc(S(=O)(=O)c2ccc(NC(=O)C3CCC3)cc2)cc1. The summed E-state index contributed by atoms with van der Waals surface area (Å²) in [6, 6.07) is 11.1. The molecule has 1 saturated carbocycles. The van der Waals surface area contributed by atoms with Gasteiger partial charge in [0.1, 0.15) is 0 Å². The van der Waals surface area contributed by atoms with E-state index in [2.05, 4.69) is 10.6 Å². The molecule has 3 amide bonds. The van der Waals surface area contributed by atoms with Gasteiger partial charge in [-0.25, -0.2) is 13.2 Å². The van der Waals surface area contributed by atoms with Crippen molar-refractivity contribution in [2.24, 2.45) is 11.7 Å². The van der Waals surface area contributed by atoms with Crippen molar-refractivity contribution in [2.45, 2.75) is 29.1 Å². The van der Waals surface area contributed by atoms with Crippen LogP contribution < -0.4 is 16.4 Å². The second-order valence-electron chi connectivity index (χ2n) is 6.16. The van der Waals surface area contributed by atoms with Gasteiger partial charge in [0.25, 0.3) is 0 Å². The molecule has 0 atom stereocenters. The first-order valence-electron chi connectivity index (χ1n) is 8.19. The molecule has 1 aliphatic carbocycles. The van der Waals surface area contributed by atoms with Crippen molar-refractivity contribution in [2.75, 3.05) is 10.6 Å². The van der Waals surface area contributed by atoms with E-state index in [1.165, 1.54) is 36.4 Å². The lowest BCUT2D eigenvalue weighted by atomic mass is 9.85. The van der Waals surface area contributed by atoms with E-state index in [-0.39, 0.29) is 21.6 Å². The lowest BCUT2D eigenvalue weighted by Gasteiger charge is -2.24. The summed E-state index contributed by atoms with van der Waals surface area (Å²) in [5.74, 6) is 0.0373. The zero-order valence-corrected chi connectivity index (χ0v) is 14.8. The summed E-state index contributed by atoms with van der Waals surface area (Å²) in [5.41, 5.74) is 6.00. The number of hydrogen-bond acceptors (Lipinski definition) is 4. The van der Waals surface area contributed by atoms with Crippen LogP contribution in [0.1, 0.15) is 19.3 Å². The highest BCUT2D eigenvalue weighted by atomic mass is 32.2. The Hall–Kier alpha value is -2.87. The van der Waals surface area contributed by atoms with Gasteiger partial charge in [0.05, 0.1) is 9.79 Å². The normalized spacial score (nSPS) is 14.3. The summed E-state index contributed by atoms with van der Waals surface area (Å²) < 4.78 is 25.3. The fourth-order valence-corrected chi connectivity index (χ4v) is 3.89. The van der Waals surface area contributed by atoms with Crippen LogP contribution >= 0.6 is 0 Å². The van der Waals surface area contributed by atoms with E-state index in [1.807, 2.05) is 0 Å². The minimum atomic E-state index is -3.70. The Morgan fingerprint density at radius 3 is 1.69 bits per heavy atom. The van der Waals surface area contributed by atoms with Crippen LogP contribution in [0.15, 0.2) is 58.3 Å². The monoisotopic (exact) mass is 373 g/mol. The van der Waals surface area contributed by atoms with E-state index in [4.69, 9.17) is 5.73 Å². The molecule has 0 aromatic heterocycles. The summed E-state index contributed by atoms with van der Waals surface area (Å²) in [4.78, 5) is 23.0. The maximum Gasteiger partial charge on any atom is 0.316 e. The zero-order valence-electron chi connectivity index (χ0n) is 13.9. The maximum absolute atomic E-state index is 12.7. The molecule has 0 spiro atoms. The summed E-state index contributed by atoms with van der Waals surface area (Å²) in [6.07, 6.45) is 2.88. The van der Waals surface area contributed by atoms with E-state index in [0.29, 0.717) is 11.4 Å². The van der Waals surface area contributed by atoms with Crippen molar-refractivity contribution in [3.63, 3.8) is 0 Å². The average molecular weight is 373 g/mol. The zero-order chi connectivity index (χ0) is 18.7. The van der Waals surface area contributed by atoms with Crippen LogP contribution in [0.4, 0.5) is 16.2 Å². The van der Waals surface area contributed by atoms with E-state index >= 15 is 0 Å². The first-order valence-corrected chi connectivity index (χ1v) is 9.67. The average Bonchev–Trinajstić information content (AvgIpc) is 2.53. The minimum absolute atomic E-state index is 0.0237. The van der Waals surface area contributed by atoms with Gasteiger partial charge in [-0.15, -0.1) is 0 Å². The Bertz CT molecular complexity index is 918. The highest BCUT2D eigenvalue weighted by molar-refractivity contribution is 7.91. The van der Waals surface area contributed by atoms with Gasteiger partial charge < -0.3 is 16.4 Å². The predicted molar refractivity (Wildman–Crippen MR) is 97.5 cm³/mol. The van der Waals surface area contributed by atoms with Crippen LogP contribution in [0.3, 0.4) is 0 Å². The molecular formula is C18H19N3O4S. The predicted octanol–water partition coefficient (Wildman–Crippen LogP) is 2.75. The number of carbonyl (C=O) groups excluding carboxylic acids is 2. The molecule has 0 unspecified atom stereocenters. The Morgan fingerprint density at radius 1 is 0.846 bits per heavy atom. The fourth-order valence-electron chi connectivity index (χ4n) is 2.63.